The van der Waals surface area contributed by atoms with Gasteiger partial charge in [0.15, 0.2) is 0 Å². The van der Waals surface area contributed by atoms with E-state index >= 15 is 0 Å². The Bertz CT molecular complexity index is 911. The maximum atomic E-state index is 12.9. The van der Waals surface area contributed by atoms with Gasteiger partial charge in [0.1, 0.15) is 0 Å². The Labute approximate surface area is 152 Å². The summed E-state index contributed by atoms with van der Waals surface area (Å²) in [6, 6.07) is 13.7. The van der Waals surface area contributed by atoms with Gasteiger partial charge in [0.05, 0.1) is 28.7 Å². The van der Waals surface area contributed by atoms with Gasteiger partial charge in [-0.2, -0.15) is 5.10 Å². The minimum atomic E-state index is -0.125. The number of carbonyl (C=O) groups excluding carboxylic acids is 1. The fourth-order valence-corrected chi connectivity index (χ4v) is 3.51. The summed E-state index contributed by atoms with van der Waals surface area (Å²) in [6.45, 7) is 7.31. The highest BCUT2D eigenvalue weighted by molar-refractivity contribution is 6.12. The van der Waals surface area contributed by atoms with E-state index in [0.29, 0.717) is 5.56 Å². The zero-order valence-electron chi connectivity index (χ0n) is 14.9. The van der Waals surface area contributed by atoms with Crippen LogP contribution in [0.25, 0.3) is 10.9 Å². The molecule has 2 N–H and O–H groups in total. The number of aromatic nitrogens is 2. The third kappa shape index (κ3) is 3.15. The largest absolute Gasteiger partial charge is 0.367 e. The minimum absolute atomic E-state index is 0.125. The van der Waals surface area contributed by atoms with E-state index in [1.54, 1.807) is 6.20 Å². The van der Waals surface area contributed by atoms with E-state index in [4.69, 9.17) is 0 Å². The van der Waals surface area contributed by atoms with Crippen LogP contribution in [-0.4, -0.2) is 53.7 Å². The summed E-state index contributed by atoms with van der Waals surface area (Å²) >= 11 is 0. The molecule has 1 aliphatic rings. The number of hydrogen-bond donors (Lipinski definition) is 2. The molecule has 134 valence electrons. The summed E-state index contributed by atoms with van der Waals surface area (Å²) < 4.78 is 0. The summed E-state index contributed by atoms with van der Waals surface area (Å²) in [7, 11) is 0. The van der Waals surface area contributed by atoms with Crippen LogP contribution in [0.15, 0.2) is 48.7 Å². The predicted molar refractivity (Wildman–Crippen MR) is 105 cm³/mol. The highest BCUT2D eigenvalue weighted by atomic mass is 16.1. The Morgan fingerprint density at radius 2 is 1.92 bits per heavy atom. The normalized spacial score (nSPS) is 15.3. The van der Waals surface area contributed by atoms with Crippen molar-refractivity contribution in [1.82, 2.24) is 15.1 Å². The van der Waals surface area contributed by atoms with Crippen molar-refractivity contribution in [1.29, 1.82) is 0 Å². The summed E-state index contributed by atoms with van der Waals surface area (Å²) in [5.41, 5.74) is 3.29. The lowest BCUT2D eigenvalue weighted by molar-refractivity contribution is 0.102. The number of carbonyl (C=O) groups is 1. The molecule has 0 radical (unpaired) electrons. The molecule has 1 amide bonds. The number of H-pyrrole nitrogens is 1. The molecule has 1 fully saturated rings. The topological polar surface area (TPSA) is 64.3 Å². The van der Waals surface area contributed by atoms with Crippen LogP contribution in [0.3, 0.4) is 0 Å². The van der Waals surface area contributed by atoms with Gasteiger partial charge in [-0.15, -0.1) is 0 Å². The molecule has 1 aromatic heterocycles. The Morgan fingerprint density at radius 1 is 1.12 bits per heavy atom. The molecule has 1 saturated heterocycles. The van der Waals surface area contributed by atoms with Crippen LogP contribution in [0.2, 0.25) is 0 Å². The van der Waals surface area contributed by atoms with Crippen molar-refractivity contribution >= 4 is 28.2 Å². The first-order valence-electron chi connectivity index (χ1n) is 9.06. The SMILES string of the molecule is CCN1CCN(c2ccccc2NC(=O)c2cccc3cn[nH]c23)CC1. The maximum Gasteiger partial charge on any atom is 0.257 e. The first kappa shape index (κ1) is 16.6. The number of nitrogens with one attached hydrogen (secondary N) is 2. The molecule has 26 heavy (non-hydrogen) atoms. The first-order valence-corrected chi connectivity index (χ1v) is 9.06. The average Bonchev–Trinajstić information content (AvgIpc) is 3.17. The van der Waals surface area contributed by atoms with Crippen molar-refractivity contribution in [2.24, 2.45) is 0 Å². The van der Waals surface area contributed by atoms with Crippen LogP contribution in [-0.2, 0) is 0 Å². The van der Waals surface area contributed by atoms with E-state index in [9.17, 15) is 4.79 Å². The Kier molecular flexibility index (Phi) is 4.58. The fourth-order valence-electron chi connectivity index (χ4n) is 3.51. The summed E-state index contributed by atoms with van der Waals surface area (Å²) in [4.78, 5) is 17.7. The smallest absolute Gasteiger partial charge is 0.257 e. The van der Waals surface area contributed by atoms with Crippen molar-refractivity contribution in [3.05, 3.63) is 54.2 Å². The van der Waals surface area contributed by atoms with E-state index in [2.05, 4.69) is 38.3 Å². The first-order chi connectivity index (χ1) is 12.8. The highest BCUT2D eigenvalue weighted by Gasteiger charge is 2.19. The molecular formula is C20H23N5O. The minimum Gasteiger partial charge on any atom is -0.367 e. The number of aromatic amines is 1. The highest BCUT2D eigenvalue weighted by Crippen LogP contribution is 2.27. The number of piperazine rings is 1. The number of anilines is 2. The van der Waals surface area contributed by atoms with Gasteiger partial charge in [0.2, 0.25) is 0 Å². The molecule has 0 bridgehead atoms. The fraction of sp³-hybridized carbons (Fsp3) is 0.300. The van der Waals surface area contributed by atoms with Gasteiger partial charge in [-0.05, 0) is 24.7 Å². The molecule has 6 nitrogen and oxygen atoms in total. The summed E-state index contributed by atoms with van der Waals surface area (Å²) in [5, 5.41) is 11.0. The lowest BCUT2D eigenvalue weighted by Gasteiger charge is -2.36. The van der Waals surface area contributed by atoms with Crippen LogP contribution >= 0.6 is 0 Å². The van der Waals surface area contributed by atoms with Crippen LogP contribution in [0.5, 0.6) is 0 Å². The van der Waals surface area contributed by atoms with E-state index in [1.807, 2.05) is 36.4 Å². The average molecular weight is 349 g/mol. The van der Waals surface area contributed by atoms with Gasteiger partial charge in [0, 0.05) is 31.6 Å². The molecule has 0 saturated carbocycles. The van der Waals surface area contributed by atoms with Crippen LogP contribution < -0.4 is 10.2 Å². The van der Waals surface area contributed by atoms with E-state index in [-0.39, 0.29) is 5.91 Å². The number of amides is 1. The van der Waals surface area contributed by atoms with Gasteiger partial charge < -0.3 is 15.1 Å². The van der Waals surface area contributed by atoms with Gasteiger partial charge >= 0.3 is 0 Å². The second kappa shape index (κ2) is 7.17. The number of likely N-dealkylation sites (N-methyl/N-ethyl adjacent to an activating group) is 1. The van der Waals surface area contributed by atoms with Gasteiger partial charge in [-0.3, -0.25) is 9.89 Å². The number of nitrogens with zero attached hydrogens (tertiary/aromatic N) is 3. The quantitative estimate of drug-likeness (QED) is 0.760. The standard InChI is InChI=1S/C20H23N5O/c1-2-24-10-12-25(13-11-24)18-9-4-3-8-17(18)22-20(26)16-7-5-6-15-14-21-23-19(15)16/h3-9,14H,2,10-13H2,1H3,(H,21,23)(H,22,26). The maximum absolute atomic E-state index is 12.9. The Morgan fingerprint density at radius 3 is 2.73 bits per heavy atom. The molecular weight excluding hydrogens is 326 g/mol. The Balaban J connectivity index is 1.57. The third-order valence-electron chi connectivity index (χ3n) is 5.03. The zero-order valence-corrected chi connectivity index (χ0v) is 14.9. The molecule has 6 heteroatoms. The molecule has 0 unspecified atom stereocenters. The molecule has 2 aromatic carbocycles. The zero-order chi connectivity index (χ0) is 17.9. The molecule has 0 atom stereocenters. The second-order valence-electron chi connectivity index (χ2n) is 6.53. The lowest BCUT2D eigenvalue weighted by Crippen LogP contribution is -2.46. The molecule has 3 aromatic rings. The van der Waals surface area contributed by atoms with Crippen molar-refractivity contribution in [2.75, 3.05) is 42.9 Å². The van der Waals surface area contributed by atoms with E-state index in [0.717, 1.165) is 55.0 Å². The molecule has 0 spiro atoms. The van der Waals surface area contributed by atoms with E-state index in [1.165, 1.54) is 0 Å². The van der Waals surface area contributed by atoms with Crippen molar-refractivity contribution < 1.29 is 4.79 Å². The van der Waals surface area contributed by atoms with Crippen molar-refractivity contribution in [3.63, 3.8) is 0 Å². The molecule has 0 aliphatic carbocycles. The number of benzene rings is 2. The van der Waals surface area contributed by atoms with Crippen molar-refractivity contribution in [3.8, 4) is 0 Å². The molecule has 4 rings (SSSR count). The number of hydrogen-bond acceptors (Lipinski definition) is 4. The monoisotopic (exact) mass is 349 g/mol. The second-order valence-corrected chi connectivity index (χ2v) is 6.53. The van der Waals surface area contributed by atoms with Crippen LogP contribution in [0.4, 0.5) is 11.4 Å². The Hall–Kier alpha value is -2.86. The predicted octanol–water partition coefficient (Wildman–Crippen LogP) is 2.96. The summed E-state index contributed by atoms with van der Waals surface area (Å²) in [5.74, 6) is -0.125. The van der Waals surface area contributed by atoms with Gasteiger partial charge in [0.25, 0.3) is 5.91 Å². The number of para-hydroxylation sites is 3. The lowest BCUT2D eigenvalue weighted by atomic mass is 10.1. The molecule has 1 aliphatic heterocycles. The van der Waals surface area contributed by atoms with Crippen molar-refractivity contribution in [2.45, 2.75) is 6.92 Å². The third-order valence-corrected chi connectivity index (χ3v) is 5.03. The van der Waals surface area contributed by atoms with Crippen LogP contribution in [0, 0.1) is 0 Å². The number of fused-ring (bicyclic) bond motifs is 1. The van der Waals surface area contributed by atoms with Gasteiger partial charge in [-0.25, -0.2) is 0 Å². The number of rotatable bonds is 4. The van der Waals surface area contributed by atoms with E-state index < -0.39 is 0 Å². The van der Waals surface area contributed by atoms with Crippen LogP contribution in [0.1, 0.15) is 17.3 Å². The molecule has 2 heterocycles. The summed E-state index contributed by atoms with van der Waals surface area (Å²) in [6.07, 6.45) is 1.73. The van der Waals surface area contributed by atoms with Gasteiger partial charge in [-0.1, -0.05) is 31.2 Å².